The molecule has 0 spiro atoms. The fourth-order valence-corrected chi connectivity index (χ4v) is 4.43. The van der Waals surface area contributed by atoms with Gasteiger partial charge in [-0.2, -0.15) is 0 Å². The third kappa shape index (κ3) is 4.82. The summed E-state index contributed by atoms with van der Waals surface area (Å²) < 4.78 is 13.4. The molecule has 0 unspecified atom stereocenters. The summed E-state index contributed by atoms with van der Waals surface area (Å²) in [5.41, 5.74) is 2.43. The van der Waals surface area contributed by atoms with Gasteiger partial charge in [-0.05, 0) is 65.5 Å². The molecule has 172 valence electrons. The number of aromatic nitrogens is 1. The first-order valence-electron chi connectivity index (χ1n) is 11.2. The van der Waals surface area contributed by atoms with Gasteiger partial charge in [0.25, 0.3) is 5.91 Å². The summed E-state index contributed by atoms with van der Waals surface area (Å²) in [6, 6.07) is 21.8. The number of carbonyl (C=O) groups is 1. The van der Waals surface area contributed by atoms with E-state index >= 15 is 0 Å². The van der Waals surface area contributed by atoms with Crippen molar-refractivity contribution in [1.29, 1.82) is 0 Å². The molecule has 5 nitrogen and oxygen atoms in total. The number of halogens is 2. The summed E-state index contributed by atoms with van der Waals surface area (Å²) in [7, 11) is 0. The Balaban J connectivity index is 1.32. The van der Waals surface area contributed by atoms with Gasteiger partial charge in [-0.1, -0.05) is 29.8 Å². The van der Waals surface area contributed by atoms with Crippen molar-refractivity contribution in [3.63, 3.8) is 0 Å². The first-order chi connectivity index (χ1) is 16.6. The van der Waals surface area contributed by atoms with Crippen molar-refractivity contribution in [2.45, 2.75) is 6.54 Å². The first kappa shape index (κ1) is 22.2. The number of benzene rings is 3. The molecule has 0 saturated carbocycles. The van der Waals surface area contributed by atoms with Crippen LogP contribution in [0, 0.1) is 5.82 Å². The number of carbonyl (C=O) groups excluding carboxylic acids is 1. The van der Waals surface area contributed by atoms with Gasteiger partial charge in [0, 0.05) is 60.6 Å². The van der Waals surface area contributed by atoms with E-state index in [9.17, 15) is 9.18 Å². The highest BCUT2D eigenvalue weighted by Crippen LogP contribution is 2.28. The predicted octanol–water partition coefficient (Wildman–Crippen LogP) is 5.28. The molecule has 1 N–H and O–H groups in total. The van der Waals surface area contributed by atoms with Gasteiger partial charge >= 0.3 is 0 Å². The minimum atomic E-state index is -0.315. The third-order valence-corrected chi connectivity index (χ3v) is 6.37. The smallest absolute Gasteiger partial charge is 0.251 e. The Labute approximate surface area is 202 Å². The van der Waals surface area contributed by atoms with Gasteiger partial charge in [-0.3, -0.25) is 4.79 Å². The van der Waals surface area contributed by atoms with Gasteiger partial charge in [0.2, 0.25) is 0 Å². The summed E-state index contributed by atoms with van der Waals surface area (Å²) in [6.45, 7) is 3.65. The molecule has 34 heavy (non-hydrogen) atoms. The summed E-state index contributed by atoms with van der Waals surface area (Å²) in [4.78, 5) is 22.1. The molecule has 1 aliphatic rings. The predicted molar refractivity (Wildman–Crippen MR) is 135 cm³/mol. The number of hydrogen-bond donors (Lipinski definition) is 1. The maximum Gasteiger partial charge on any atom is 0.251 e. The molecular weight excluding hydrogens is 451 g/mol. The molecule has 4 aromatic rings. The minimum absolute atomic E-state index is 0.200. The zero-order chi connectivity index (χ0) is 23.5. The lowest BCUT2D eigenvalue weighted by atomic mass is 10.1. The Hall–Kier alpha value is -3.64. The largest absolute Gasteiger partial charge is 0.368 e. The fourth-order valence-electron chi connectivity index (χ4n) is 4.31. The monoisotopic (exact) mass is 474 g/mol. The average Bonchev–Trinajstić information content (AvgIpc) is 2.87. The Bertz CT molecular complexity index is 1320. The van der Waals surface area contributed by atoms with Crippen LogP contribution < -0.4 is 15.1 Å². The molecule has 1 saturated heterocycles. The second-order valence-electron chi connectivity index (χ2n) is 8.33. The minimum Gasteiger partial charge on any atom is -0.368 e. The second-order valence-corrected chi connectivity index (χ2v) is 8.77. The Morgan fingerprint density at radius 2 is 1.71 bits per heavy atom. The van der Waals surface area contributed by atoms with E-state index in [1.807, 2.05) is 54.7 Å². The lowest BCUT2D eigenvalue weighted by molar-refractivity contribution is 0.0951. The molecule has 1 aromatic heterocycles. The van der Waals surface area contributed by atoms with Gasteiger partial charge in [0.1, 0.15) is 11.6 Å². The van der Waals surface area contributed by atoms with Crippen molar-refractivity contribution < 1.29 is 9.18 Å². The molecule has 2 heterocycles. The average molecular weight is 475 g/mol. The van der Waals surface area contributed by atoms with Crippen LogP contribution in [0.4, 0.5) is 15.9 Å². The lowest BCUT2D eigenvalue weighted by Crippen LogP contribution is -2.46. The Morgan fingerprint density at radius 3 is 2.47 bits per heavy atom. The van der Waals surface area contributed by atoms with Gasteiger partial charge < -0.3 is 15.1 Å². The van der Waals surface area contributed by atoms with Crippen LogP contribution in [-0.2, 0) is 6.54 Å². The summed E-state index contributed by atoms with van der Waals surface area (Å²) >= 11 is 6.02. The number of fused-ring (bicyclic) bond motifs is 1. The highest BCUT2D eigenvalue weighted by atomic mass is 35.5. The van der Waals surface area contributed by atoms with Gasteiger partial charge in [0.15, 0.2) is 0 Å². The van der Waals surface area contributed by atoms with Crippen molar-refractivity contribution in [2.75, 3.05) is 36.0 Å². The van der Waals surface area contributed by atoms with Crippen molar-refractivity contribution in [2.24, 2.45) is 0 Å². The maximum atomic E-state index is 13.4. The van der Waals surface area contributed by atoms with Crippen molar-refractivity contribution >= 4 is 39.8 Å². The van der Waals surface area contributed by atoms with Crippen LogP contribution in [0.2, 0.25) is 5.02 Å². The van der Waals surface area contributed by atoms with Crippen LogP contribution in [0.1, 0.15) is 15.9 Å². The summed E-state index contributed by atoms with van der Waals surface area (Å²) in [5.74, 6) is 0.367. The molecule has 0 atom stereocenters. The molecule has 1 aliphatic heterocycles. The van der Waals surface area contributed by atoms with Crippen LogP contribution >= 0.6 is 11.6 Å². The van der Waals surface area contributed by atoms with Crippen LogP contribution in [-0.4, -0.2) is 37.1 Å². The SMILES string of the molecule is O=C(NCc1cccc(F)c1)c1ccc2ccnc(N3CCN(c4ccc(Cl)cc4)CC3)c2c1. The molecule has 7 heteroatoms. The molecule has 1 amide bonds. The van der Waals surface area contributed by atoms with E-state index in [1.165, 1.54) is 12.1 Å². The van der Waals surface area contributed by atoms with Crippen LogP contribution in [0.25, 0.3) is 10.8 Å². The number of anilines is 2. The Kier molecular flexibility index (Phi) is 6.32. The highest BCUT2D eigenvalue weighted by molar-refractivity contribution is 6.30. The number of pyridine rings is 1. The van der Waals surface area contributed by atoms with Crippen LogP contribution in [0.15, 0.2) is 79.0 Å². The fraction of sp³-hybridized carbons (Fsp3) is 0.185. The number of hydrogen-bond acceptors (Lipinski definition) is 4. The first-order valence-corrected chi connectivity index (χ1v) is 11.6. The van der Waals surface area contributed by atoms with E-state index in [4.69, 9.17) is 11.6 Å². The number of amides is 1. The van der Waals surface area contributed by atoms with Crippen LogP contribution in [0.3, 0.4) is 0 Å². The quantitative estimate of drug-likeness (QED) is 0.427. The zero-order valence-corrected chi connectivity index (χ0v) is 19.3. The number of nitrogens with zero attached hydrogens (tertiary/aromatic N) is 3. The molecule has 0 radical (unpaired) electrons. The molecular formula is C27H24ClFN4O. The summed E-state index contributed by atoms with van der Waals surface area (Å²) in [6.07, 6.45) is 1.81. The third-order valence-electron chi connectivity index (χ3n) is 6.12. The van der Waals surface area contributed by atoms with Gasteiger partial charge in [-0.25, -0.2) is 9.37 Å². The van der Waals surface area contributed by atoms with E-state index in [-0.39, 0.29) is 18.3 Å². The standard InChI is InChI=1S/C27H24ClFN4O/c28-22-6-8-24(9-7-22)32-12-14-33(15-13-32)26-25-17-21(5-4-20(25)10-11-30-26)27(34)31-18-19-2-1-3-23(29)16-19/h1-11,16-17H,12-15,18H2,(H,31,34). The number of nitrogens with one attached hydrogen (secondary N) is 1. The van der Waals surface area contributed by atoms with Crippen LogP contribution in [0.5, 0.6) is 0 Å². The molecule has 3 aromatic carbocycles. The van der Waals surface area contributed by atoms with Gasteiger partial charge in [-0.15, -0.1) is 0 Å². The molecule has 0 aliphatic carbocycles. The molecule has 0 bridgehead atoms. The van der Waals surface area contributed by atoms with E-state index in [1.54, 1.807) is 12.1 Å². The normalized spacial score (nSPS) is 13.8. The topological polar surface area (TPSA) is 48.5 Å². The van der Waals surface area contributed by atoms with Gasteiger partial charge in [0.05, 0.1) is 0 Å². The lowest BCUT2D eigenvalue weighted by Gasteiger charge is -2.37. The van der Waals surface area contributed by atoms with Crippen molar-refractivity contribution in [3.05, 3.63) is 101 Å². The summed E-state index contributed by atoms with van der Waals surface area (Å²) in [5, 5.41) is 5.59. The highest BCUT2D eigenvalue weighted by Gasteiger charge is 2.20. The molecule has 5 rings (SSSR count). The maximum absolute atomic E-state index is 13.4. The van der Waals surface area contributed by atoms with Crippen molar-refractivity contribution in [1.82, 2.24) is 10.3 Å². The molecule has 1 fully saturated rings. The van der Waals surface area contributed by atoms with E-state index in [0.717, 1.165) is 59.0 Å². The van der Waals surface area contributed by atoms with E-state index in [0.29, 0.717) is 5.56 Å². The number of piperazine rings is 1. The zero-order valence-electron chi connectivity index (χ0n) is 18.5. The second kappa shape index (κ2) is 9.69. The van der Waals surface area contributed by atoms with Crippen molar-refractivity contribution in [3.8, 4) is 0 Å². The number of rotatable bonds is 5. The van der Waals surface area contributed by atoms with E-state index in [2.05, 4.69) is 20.1 Å². The van der Waals surface area contributed by atoms with E-state index < -0.39 is 0 Å². The Morgan fingerprint density at radius 1 is 0.941 bits per heavy atom.